The molecule has 0 aromatic carbocycles. The lowest BCUT2D eigenvalue weighted by Crippen LogP contribution is -2.29. The van der Waals surface area contributed by atoms with E-state index in [0.29, 0.717) is 0 Å². The second-order valence-corrected chi connectivity index (χ2v) is 6.25. The average molecular weight is 294 g/mol. The van der Waals surface area contributed by atoms with E-state index in [4.69, 9.17) is 9.15 Å². The van der Waals surface area contributed by atoms with E-state index in [9.17, 15) is 0 Å². The molecule has 1 aromatic heterocycles. The fraction of sp³-hybridized carbons (Fsp3) is 0.765. The van der Waals surface area contributed by atoms with E-state index < -0.39 is 0 Å². The summed E-state index contributed by atoms with van der Waals surface area (Å²) >= 11 is 0. The first kappa shape index (κ1) is 16.5. The van der Waals surface area contributed by atoms with Gasteiger partial charge in [-0.15, -0.1) is 0 Å². The van der Waals surface area contributed by atoms with Crippen LogP contribution in [0.3, 0.4) is 0 Å². The third kappa shape index (κ3) is 5.46. The molecule has 0 aliphatic carbocycles. The minimum absolute atomic E-state index is 0.769. The maximum absolute atomic E-state index is 5.99. The normalized spacial score (nSPS) is 16.8. The lowest BCUT2D eigenvalue weighted by atomic mass is 10.00. The molecule has 120 valence electrons. The number of ether oxygens (including phenoxy) is 1. The van der Waals surface area contributed by atoms with Gasteiger partial charge in [0.15, 0.2) is 0 Å². The van der Waals surface area contributed by atoms with E-state index in [-0.39, 0.29) is 0 Å². The molecular weight excluding hydrogens is 264 g/mol. The highest BCUT2D eigenvalue weighted by Crippen LogP contribution is 2.19. The van der Waals surface area contributed by atoms with Crippen molar-refractivity contribution in [3.05, 3.63) is 23.2 Å². The SMILES string of the molecule is CCCNCc1oc(CN(C)CC2CCOCC2)cc1C. The van der Waals surface area contributed by atoms with Gasteiger partial charge in [-0.3, -0.25) is 4.90 Å². The molecule has 21 heavy (non-hydrogen) atoms. The summed E-state index contributed by atoms with van der Waals surface area (Å²) < 4.78 is 11.4. The van der Waals surface area contributed by atoms with Crippen molar-refractivity contribution in [2.24, 2.45) is 5.92 Å². The van der Waals surface area contributed by atoms with Gasteiger partial charge in [0, 0.05) is 19.8 Å². The zero-order valence-electron chi connectivity index (χ0n) is 13.8. The molecule has 0 unspecified atom stereocenters. The van der Waals surface area contributed by atoms with Crippen LogP contribution < -0.4 is 5.32 Å². The van der Waals surface area contributed by atoms with Gasteiger partial charge in [-0.05, 0) is 57.3 Å². The number of nitrogens with one attached hydrogen (secondary N) is 1. The highest BCUT2D eigenvalue weighted by Gasteiger charge is 2.17. The second-order valence-electron chi connectivity index (χ2n) is 6.25. The quantitative estimate of drug-likeness (QED) is 0.748. The molecule has 1 aromatic rings. The zero-order valence-corrected chi connectivity index (χ0v) is 13.8. The standard InChI is InChI=1S/C17H30N2O2/c1-4-7-18-11-17-14(2)10-16(21-17)13-19(3)12-15-5-8-20-9-6-15/h10,15,18H,4-9,11-13H2,1-3H3. The number of rotatable bonds is 8. The van der Waals surface area contributed by atoms with Crippen LogP contribution in [0.5, 0.6) is 0 Å². The van der Waals surface area contributed by atoms with Crippen LogP contribution >= 0.6 is 0 Å². The minimum Gasteiger partial charge on any atom is -0.463 e. The Kier molecular flexibility index (Phi) is 6.74. The maximum Gasteiger partial charge on any atom is 0.120 e. The number of aryl methyl sites for hydroxylation is 1. The maximum atomic E-state index is 5.99. The van der Waals surface area contributed by atoms with Gasteiger partial charge in [0.25, 0.3) is 0 Å². The zero-order chi connectivity index (χ0) is 15.1. The van der Waals surface area contributed by atoms with Crippen molar-refractivity contribution in [1.29, 1.82) is 0 Å². The van der Waals surface area contributed by atoms with Crippen LogP contribution in [0.1, 0.15) is 43.3 Å². The topological polar surface area (TPSA) is 37.6 Å². The molecule has 0 amide bonds. The first-order chi connectivity index (χ1) is 10.2. The van der Waals surface area contributed by atoms with Crippen molar-refractivity contribution in [1.82, 2.24) is 10.2 Å². The Bertz CT molecular complexity index is 411. The van der Waals surface area contributed by atoms with Gasteiger partial charge in [-0.25, -0.2) is 0 Å². The second kappa shape index (κ2) is 8.57. The van der Waals surface area contributed by atoms with Gasteiger partial charge in [0.2, 0.25) is 0 Å². The highest BCUT2D eigenvalue weighted by molar-refractivity contribution is 5.20. The predicted molar refractivity (Wildman–Crippen MR) is 85.3 cm³/mol. The van der Waals surface area contributed by atoms with Gasteiger partial charge in [-0.2, -0.15) is 0 Å². The van der Waals surface area contributed by atoms with Crippen LogP contribution in [0.4, 0.5) is 0 Å². The Morgan fingerprint density at radius 3 is 2.81 bits per heavy atom. The Hall–Kier alpha value is -0.840. The van der Waals surface area contributed by atoms with Gasteiger partial charge in [0.05, 0.1) is 13.1 Å². The number of nitrogens with zero attached hydrogens (tertiary/aromatic N) is 1. The van der Waals surface area contributed by atoms with Crippen molar-refractivity contribution >= 4 is 0 Å². The highest BCUT2D eigenvalue weighted by atomic mass is 16.5. The van der Waals surface area contributed by atoms with E-state index in [1.165, 1.54) is 18.4 Å². The molecule has 2 rings (SSSR count). The molecular formula is C17H30N2O2. The number of hydrogen-bond acceptors (Lipinski definition) is 4. The summed E-state index contributed by atoms with van der Waals surface area (Å²) in [6.45, 7) is 10.1. The fourth-order valence-electron chi connectivity index (χ4n) is 2.92. The largest absolute Gasteiger partial charge is 0.463 e. The predicted octanol–water partition coefficient (Wildman–Crippen LogP) is 2.95. The van der Waals surface area contributed by atoms with Crippen molar-refractivity contribution in [3.8, 4) is 0 Å². The van der Waals surface area contributed by atoms with Crippen LogP contribution in [0.15, 0.2) is 10.5 Å². The molecule has 4 heteroatoms. The lowest BCUT2D eigenvalue weighted by molar-refractivity contribution is 0.0542. The molecule has 1 aliphatic heterocycles. The van der Waals surface area contributed by atoms with Crippen molar-refractivity contribution < 1.29 is 9.15 Å². The summed E-state index contributed by atoms with van der Waals surface area (Å²) in [5, 5.41) is 3.40. The average Bonchev–Trinajstić information content (AvgIpc) is 2.80. The molecule has 4 nitrogen and oxygen atoms in total. The summed E-state index contributed by atoms with van der Waals surface area (Å²) in [5.74, 6) is 2.93. The fourth-order valence-corrected chi connectivity index (χ4v) is 2.92. The Morgan fingerprint density at radius 1 is 1.33 bits per heavy atom. The van der Waals surface area contributed by atoms with E-state index >= 15 is 0 Å². The molecule has 1 N–H and O–H groups in total. The third-order valence-corrected chi connectivity index (χ3v) is 4.12. The van der Waals surface area contributed by atoms with Crippen LogP contribution in [-0.4, -0.2) is 38.3 Å². The van der Waals surface area contributed by atoms with Crippen LogP contribution in [-0.2, 0) is 17.8 Å². The molecule has 0 bridgehead atoms. The molecule has 1 aliphatic rings. The lowest BCUT2D eigenvalue weighted by Gasteiger charge is -2.26. The van der Waals surface area contributed by atoms with E-state index in [1.54, 1.807) is 0 Å². The Morgan fingerprint density at radius 2 is 2.10 bits per heavy atom. The van der Waals surface area contributed by atoms with Crippen molar-refractivity contribution in [3.63, 3.8) is 0 Å². The van der Waals surface area contributed by atoms with Crippen LogP contribution in [0, 0.1) is 12.8 Å². The summed E-state index contributed by atoms with van der Waals surface area (Å²) in [6.07, 6.45) is 3.53. The van der Waals surface area contributed by atoms with E-state index in [1.807, 2.05) is 0 Å². The van der Waals surface area contributed by atoms with Crippen molar-refractivity contribution in [2.75, 3.05) is 33.4 Å². The number of furan rings is 1. The Labute approximate surface area is 128 Å². The monoisotopic (exact) mass is 294 g/mol. The first-order valence-electron chi connectivity index (χ1n) is 8.24. The van der Waals surface area contributed by atoms with Gasteiger partial charge >= 0.3 is 0 Å². The van der Waals surface area contributed by atoms with Gasteiger partial charge in [0.1, 0.15) is 11.5 Å². The molecule has 0 saturated carbocycles. The van der Waals surface area contributed by atoms with Crippen LogP contribution in [0.2, 0.25) is 0 Å². The summed E-state index contributed by atoms with van der Waals surface area (Å²) in [5.41, 5.74) is 1.26. The van der Waals surface area contributed by atoms with Gasteiger partial charge < -0.3 is 14.5 Å². The van der Waals surface area contributed by atoms with E-state index in [2.05, 4.69) is 37.2 Å². The summed E-state index contributed by atoms with van der Waals surface area (Å²) in [6, 6.07) is 2.18. The first-order valence-corrected chi connectivity index (χ1v) is 8.24. The minimum atomic E-state index is 0.769. The Balaban J connectivity index is 1.79. The molecule has 1 fully saturated rings. The van der Waals surface area contributed by atoms with Crippen molar-refractivity contribution in [2.45, 2.75) is 46.2 Å². The summed E-state index contributed by atoms with van der Waals surface area (Å²) in [4.78, 5) is 2.37. The molecule has 0 radical (unpaired) electrons. The molecule has 0 spiro atoms. The van der Waals surface area contributed by atoms with E-state index in [0.717, 1.165) is 63.3 Å². The molecule has 1 saturated heterocycles. The smallest absolute Gasteiger partial charge is 0.120 e. The molecule has 2 heterocycles. The van der Waals surface area contributed by atoms with Gasteiger partial charge in [-0.1, -0.05) is 6.92 Å². The molecule has 0 atom stereocenters. The third-order valence-electron chi connectivity index (χ3n) is 4.12. The number of hydrogen-bond donors (Lipinski definition) is 1. The van der Waals surface area contributed by atoms with Crippen LogP contribution in [0.25, 0.3) is 0 Å². The summed E-state index contributed by atoms with van der Waals surface area (Å²) in [7, 11) is 2.18.